The highest BCUT2D eigenvalue weighted by atomic mass is 35.5. The SMILES string of the molecule is CNCc1cc(Cl)ccc1OCc1nccs1. The van der Waals surface area contributed by atoms with Crippen LogP contribution < -0.4 is 10.1 Å². The van der Waals surface area contributed by atoms with Crippen LogP contribution in [0.5, 0.6) is 5.75 Å². The summed E-state index contributed by atoms with van der Waals surface area (Å²) in [5.74, 6) is 0.846. The Morgan fingerprint density at radius 3 is 3.06 bits per heavy atom. The number of benzene rings is 1. The molecule has 0 saturated heterocycles. The molecule has 0 unspecified atom stereocenters. The molecule has 3 nitrogen and oxygen atoms in total. The van der Waals surface area contributed by atoms with Crippen molar-refractivity contribution in [3.05, 3.63) is 45.4 Å². The van der Waals surface area contributed by atoms with Crippen molar-refractivity contribution in [2.45, 2.75) is 13.2 Å². The minimum absolute atomic E-state index is 0.496. The quantitative estimate of drug-likeness (QED) is 0.905. The molecule has 0 atom stereocenters. The second-order valence-corrected chi connectivity index (χ2v) is 4.91. The molecule has 1 aromatic heterocycles. The average molecular weight is 269 g/mol. The fourth-order valence-corrected chi connectivity index (χ4v) is 2.20. The highest BCUT2D eigenvalue weighted by Crippen LogP contribution is 2.24. The fourth-order valence-electron chi connectivity index (χ4n) is 1.48. The third kappa shape index (κ3) is 3.43. The smallest absolute Gasteiger partial charge is 0.140 e. The van der Waals surface area contributed by atoms with Gasteiger partial charge in [-0.25, -0.2) is 4.98 Å². The first-order valence-corrected chi connectivity index (χ1v) is 6.49. The molecule has 2 rings (SSSR count). The van der Waals surface area contributed by atoms with Gasteiger partial charge in [-0.05, 0) is 25.2 Å². The van der Waals surface area contributed by atoms with Crippen molar-refractivity contribution in [3.8, 4) is 5.75 Å². The van der Waals surface area contributed by atoms with Crippen LogP contribution in [-0.4, -0.2) is 12.0 Å². The lowest BCUT2D eigenvalue weighted by Gasteiger charge is -2.10. The predicted octanol–water partition coefficient (Wildman–Crippen LogP) is 3.09. The van der Waals surface area contributed by atoms with E-state index in [0.29, 0.717) is 6.61 Å². The van der Waals surface area contributed by atoms with Crippen molar-refractivity contribution >= 4 is 22.9 Å². The second kappa shape index (κ2) is 6.00. The Hall–Kier alpha value is -1.10. The summed E-state index contributed by atoms with van der Waals surface area (Å²) in [6.07, 6.45) is 1.78. The lowest BCUT2D eigenvalue weighted by Crippen LogP contribution is -2.07. The molecule has 5 heteroatoms. The highest BCUT2D eigenvalue weighted by molar-refractivity contribution is 7.09. The van der Waals surface area contributed by atoms with Crippen molar-refractivity contribution in [1.29, 1.82) is 0 Å². The zero-order valence-electron chi connectivity index (χ0n) is 9.44. The maximum Gasteiger partial charge on any atom is 0.140 e. The molecular formula is C12H13ClN2OS. The summed E-state index contributed by atoms with van der Waals surface area (Å²) in [6, 6.07) is 5.63. The molecule has 1 heterocycles. The van der Waals surface area contributed by atoms with Crippen molar-refractivity contribution in [3.63, 3.8) is 0 Å². The van der Waals surface area contributed by atoms with Crippen molar-refractivity contribution < 1.29 is 4.74 Å². The van der Waals surface area contributed by atoms with E-state index in [1.165, 1.54) is 0 Å². The van der Waals surface area contributed by atoms with Crippen molar-refractivity contribution in [2.24, 2.45) is 0 Å². The van der Waals surface area contributed by atoms with Crippen LogP contribution in [0.4, 0.5) is 0 Å². The molecule has 0 radical (unpaired) electrons. The fraction of sp³-hybridized carbons (Fsp3) is 0.250. The van der Waals surface area contributed by atoms with Crippen LogP contribution in [0.1, 0.15) is 10.6 Å². The van der Waals surface area contributed by atoms with Crippen molar-refractivity contribution in [2.75, 3.05) is 7.05 Å². The number of aromatic nitrogens is 1. The molecular weight excluding hydrogens is 256 g/mol. The number of nitrogens with zero attached hydrogens (tertiary/aromatic N) is 1. The summed E-state index contributed by atoms with van der Waals surface area (Å²) in [5, 5.41) is 6.72. The largest absolute Gasteiger partial charge is 0.486 e. The Kier molecular flexibility index (Phi) is 4.36. The van der Waals surface area contributed by atoms with Gasteiger partial charge in [-0.2, -0.15) is 0 Å². The molecule has 0 aliphatic heterocycles. The summed E-state index contributed by atoms with van der Waals surface area (Å²) in [7, 11) is 1.89. The van der Waals surface area contributed by atoms with E-state index >= 15 is 0 Å². The number of nitrogens with one attached hydrogen (secondary N) is 1. The minimum atomic E-state index is 0.496. The van der Waals surface area contributed by atoms with E-state index in [-0.39, 0.29) is 0 Å². The van der Waals surface area contributed by atoms with Gasteiger partial charge in [0.05, 0.1) is 0 Å². The molecule has 0 spiro atoms. The molecule has 1 aromatic carbocycles. The van der Waals surface area contributed by atoms with Gasteiger partial charge in [0.15, 0.2) is 0 Å². The lowest BCUT2D eigenvalue weighted by atomic mass is 10.2. The third-order valence-electron chi connectivity index (χ3n) is 2.22. The number of thiazole rings is 1. The van der Waals surface area contributed by atoms with Gasteiger partial charge in [0.2, 0.25) is 0 Å². The molecule has 0 aliphatic carbocycles. The van der Waals surface area contributed by atoms with E-state index in [1.54, 1.807) is 17.5 Å². The van der Waals surface area contributed by atoms with E-state index in [9.17, 15) is 0 Å². The monoisotopic (exact) mass is 268 g/mol. The molecule has 17 heavy (non-hydrogen) atoms. The maximum absolute atomic E-state index is 5.96. The van der Waals surface area contributed by atoms with Crippen LogP contribution in [0.15, 0.2) is 29.8 Å². The molecule has 90 valence electrons. The Bertz CT molecular complexity index is 473. The zero-order valence-corrected chi connectivity index (χ0v) is 11.0. The average Bonchev–Trinajstić information content (AvgIpc) is 2.81. The van der Waals surface area contributed by atoms with Gasteiger partial charge in [0.1, 0.15) is 17.4 Å². The topological polar surface area (TPSA) is 34.1 Å². The first kappa shape index (κ1) is 12.4. The standard InChI is InChI=1S/C12H13ClN2OS/c1-14-7-9-6-10(13)2-3-11(9)16-8-12-15-4-5-17-12/h2-6,14H,7-8H2,1H3. The maximum atomic E-state index is 5.96. The third-order valence-corrected chi connectivity index (χ3v) is 3.21. The molecule has 1 N–H and O–H groups in total. The van der Waals surface area contributed by atoms with Crippen LogP contribution in [0.2, 0.25) is 5.02 Å². The first-order valence-electron chi connectivity index (χ1n) is 5.24. The molecule has 0 bridgehead atoms. The number of ether oxygens (including phenoxy) is 1. The molecule has 0 fully saturated rings. The van der Waals surface area contributed by atoms with Gasteiger partial charge >= 0.3 is 0 Å². The summed E-state index contributed by atoms with van der Waals surface area (Å²) in [6.45, 7) is 1.23. The molecule has 0 saturated carbocycles. The second-order valence-electron chi connectivity index (χ2n) is 3.50. The minimum Gasteiger partial charge on any atom is -0.486 e. The molecule has 0 amide bonds. The Morgan fingerprint density at radius 1 is 1.47 bits per heavy atom. The van der Waals surface area contributed by atoms with Crippen LogP contribution in [0.25, 0.3) is 0 Å². The van der Waals surface area contributed by atoms with E-state index in [4.69, 9.17) is 16.3 Å². The summed E-state index contributed by atoms with van der Waals surface area (Å²) in [4.78, 5) is 4.18. The Labute approximate surface area is 109 Å². The normalized spacial score (nSPS) is 10.5. The van der Waals surface area contributed by atoms with Gasteiger partial charge in [-0.3, -0.25) is 0 Å². The van der Waals surface area contributed by atoms with Gasteiger partial charge in [0.25, 0.3) is 0 Å². The van der Waals surface area contributed by atoms with E-state index in [0.717, 1.165) is 27.9 Å². The van der Waals surface area contributed by atoms with Crippen LogP contribution in [0, 0.1) is 0 Å². The zero-order chi connectivity index (χ0) is 12.1. The summed E-state index contributed by atoms with van der Waals surface area (Å²) < 4.78 is 5.74. The molecule has 2 aromatic rings. The van der Waals surface area contributed by atoms with Gasteiger partial charge in [0, 0.05) is 28.7 Å². The van der Waals surface area contributed by atoms with E-state index in [2.05, 4.69) is 10.3 Å². The predicted molar refractivity (Wildman–Crippen MR) is 70.7 cm³/mol. The van der Waals surface area contributed by atoms with E-state index < -0.39 is 0 Å². The van der Waals surface area contributed by atoms with Gasteiger partial charge in [-0.15, -0.1) is 11.3 Å². The van der Waals surface area contributed by atoms with E-state index in [1.807, 2.05) is 30.6 Å². The van der Waals surface area contributed by atoms with Crippen molar-refractivity contribution in [1.82, 2.24) is 10.3 Å². The number of rotatable bonds is 5. The summed E-state index contributed by atoms with van der Waals surface area (Å²) >= 11 is 7.55. The van der Waals surface area contributed by atoms with Gasteiger partial charge < -0.3 is 10.1 Å². The lowest BCUT2D eigenvalue weighted by molar-refractivity contribution is 0.302. The number of hydrogen-bond donors (Lipinski definition) is 1. The van der Waals surface area contributed by atoms with Crippen LogP contribution >= 0.6 is 22.9 Å². The van der Waals surface area contributed by atoms with Gasteiger partial charge in [-0.1, -0.05) is 11.6 Å². The Morgan fingerprint density at radius 2 is 2.35 bits per heavy atom. The number of halogens is 1. The first-order chi connectivity index (χ1) is 8.29. The highest BCUT2D eigenvalue weighted by Gasteiger charge is 2.05. The van der Waals surface area contributed by atoms with Crippen LogP contribution in [-0.2, 0) is 13.2 Å². The number of hydrogen-bond acceptors (Lipinski definition) is 4. The van der Waals surface area contributed by atoms with Crippen LogP contribution in [0.3, 0.4) is 0 Å². The summed E-state index contributed by atoms with van der Waals surface area (Å²) in [5.41, 5.74) is 1.05. The molecule has 0 aliphatic rings. The Balaban J connectivity index is 2.08.